The number of carbonyl (C=O) groups is 4. The summed E-state index contributed by atoms with van der Waals surface area (Å²) in [5.74, 6) is -0.964. The summed E-state index contributed by atoms with van der Waals surface area (Å²) in [4.78, 5) is 52.6. The van der Waals surface area contributed by atoms with Crippen LogP contribution < -0.4 is 5.32 Å². The van der Waals surface area contributed by atoms with Gasteiger partial charge in [0.1, 0.15) is 12.1 Å². The van der Waals surface area contributed by atoms with Crippen molar-refractivity contribution in [2.24, 2.45) is 0 Å². The Hall–Kier alpha value is -2.70. The number of nitrogens with zero attached hydrogens (tertiary/aromatic N) is 2. The molecule has 7 heteroatoms. The van der Waals surface area contributed by atoms with Crippen molar-refractivity contribution in [3.63, 3.8) is 0 Å². The zero-order chi connectivity index (χ0) is 20.3. The molecule has 4 amide bonds. The van der Waals surface area contributed by atoms with Crippen LogP contribution in [-0.4, -0.2) is 58.6 Å². The number of Topliss-reactive ketones (excluding diaryl/α,β-unsaturated/α-hetero) is 1. The summed E-state index contributed by atoms with van der Waals surface area (Å²) in [6.07, 6.45) is 4.48. The zero-order valence-electron chi connectivity index (χ0n) is 16.4. The molecule has 1 saturated heterocycles. The first-order valence-corrected chi connectivity index (χ1v) is 9.78. The first-order valence-electron chi connectivity index (χ1n) is 9.78. The number of ketones is 1. The molecule has 1 aromatic carbocycles. The number of likely N-dealkylation sites (N-methyl/N-ethyl adjacent to an activating group) is 1. The first kappa shape index (κ1) is 20.0. The number of imide groups is 1. The van der Waals surface area contributed by atoms with Crippen LogP contribution in [-0.2, 0) is 20.8 Å². The van der Waals surface area contributed by atoms with Crippen LogP contribution in [0.15, 0.2) is 30.3 Å². The largest absolute Gasteiger partial charge is 0.344 e. The van der Waals surface area contributed by atoms with Gasteiger partial charge in [-0.2, -0.15) is 0 Å². The van der Waals surface area contributed by atoms with Crippen molar-refractivity contribution in [1.82, 2.24) is 15.1 Å². The van der Waals surface area contributed by atoms with E-state index in [-0.39, 0.29) is 18.2 Å². The summed E-state index contributed by atoms with van der Waals surface area (Å²) in [7, 11) is 1.64. The van der Waals surface area contributed by atoms with E-state index in [4.69, 9.17) is 0 Å². The SMILES string of the molecule is CC(=O)[C@H](Cc1ccccc1)NC(=O)CN1C(=O)N(C)C2(CCCCC2)C1=O. The lowest BCUT2D eigenvalue weighted by atomic mass is 9.81. The highest BCUT2D eigenvalue weighted by atomic mass is 16.2. The van der Waals surface area contributed by atoms with Gasteiger partial charge in [-0.15, -0.1) is 0 Å². The Morgan fingerprint density at radius 1 is 1.11 bits per heavy atom. The normalized spacial score (nSPS) is 19.8. The van der Waals surface area contributed by atoms with Crippen molar-refractivity contribution in [2.75, 3.05) is 13.6 Å². The smallest absolute Gasteiger partial charge is 0.327 e. The average Bonchev–Trinajstić information content (AvgIpc) is 2.85. The minimum absolute atomic E-state index is 0.169. The Bertz CT molecular complexity index is 771. The van der Waals surface area contributed by atoms with Crippen molar-refractivity contribution >= 4 is 23.6 Å². The summed E-state index contributed by atoms with van der Waals surface area (Å²) in [5, 5.41) is 2.69. The molecule has 2 fully saturated rings. The van der Waals surface area contributed by atoms with Crippen molar-refractivity contribution in [3.05, 3.63) is 35.9 Å². The molecule has 0 radical (unpaired) electrons. The molecule has 1 heterocycles. The number of benzene rings is 1. The molecule has 1 spiro atoms. The predicted molar refractivity (Wildman–Crippen MR) is 103 cm³/mol. The van der Waals surface area contributed by atoms with Gasteiger partial charge in [-0.1, -0.05) is 49.6 Å². The van der Waals surface area contributed by atoms with Crippen LogP contribution in [0, 0.1) is 0 Å². The van der Waals surface area contributed by atoms with Gasteiger partial charge in [0, 0.05) is 7.05 Å². The summed E-state index contributed by atoms with van der Waals surface area (Å²) >= 11 is 0. The number of hydrogen-bond acceptors (Lipinski definition) is 4. The third-order valence-corrected chi connectivity index (χ3v) is 5.89. The second-order valence-electron chi connectivity index (χ2n) is 7.75. The van der Waals surface area contributed by atoms with Crippen molar-refractivity contribution in [3.8, 4) is 0 Å². The highest BCUT2D eigenvalue weighted by Gasteiger charge is 2.55. The number of rotatable bonds is 6. The molecule has 1 atom stereocenters. The van der Waals surface area contributed by atoms with Crippen molar-refractivity contribution < 1.29 is 19.2 Å². The Morgan fingerprint density at radius 3 is 2.36 bits per heavy atom. The number of nitrogens with one attached hydrogen (secondary N) is 1. The Balaban J connectivity index is 1.67. The molecule has 28 heavy (non-hydrogen) atoms. The van der Waals surface area contributed by atoms with E-state index in [0.717, 1.165) is 29.7 Å². The molecule has 1 aliphatic carbocycles. The summed E-state index contributed by atoms with van der Waals surface area (Å²) in [6, 6.07) is 8.26. The van der Waals surface area contributed by atoms with Crippen LogP contribution in [0.4, 0.5) is 4.79 Å². The van der Waals surface area contributed by atoms with Crippen molar-refractivity contribution in [2.45, 2.75) is 57.0 Å². The molecule has 7 nitrogen and oxygen atoms in total. The summed E-state index contributed by atoms with van der Waals surface area (Å²) < 4.78 is 0. The first-order chi connectivity index (χ1) is 13.3. The molecule has 3 rings (SSSR count). The van der Waals surface area contributed by atoms with E-state index in [1.165, 1.54) is 11.8 Å². The molecule has 1 aliphatic heterocycles. The third-order valence-electron chi connectivity index (χ3n) is 5.89. The molecule has 0 bridgehead atoms. The molecule has 1 N–H and O–H groups in total. The topological polar surface area (TPSA) is 86.8 Å². The van der Waals surface area contributed by atoms with Crippen LogP contribution >= 0.6 is 0 Å². The highest BCUT2D eigenvalue weighted by Crippen LogP contribution is 2.39. The summed E-state index contributed by atoms with van der Waals surface area (Å²) in [6.45, 7) is 1.06. The van der Waals surface area contributed by atoms with E-state index in [0.29, 0.717) is 19.3 Å². The van der Waals surface area contributed by atoms with Crippen LogP contribution in [0.3, 0.4) is 0 Å². The van der Waals surface area contributed by atoms with Crippen LogP contribution in [0.25, 0.3) is 0 Å². The van der Waals surface area contributed by atoms with Gasteiger partial charge in [0.25, 0.3) is 5.91 Å². The van der Waals surface area contributed by atoms with Crippen LogP contribution in [0.2, 0.25) is 0 Å². The van der Waals surface area contributed by atoms with Crippen molar-refractivity contribution in [1.29, 1.82) is 0 Å². The van der Waals surface area contributed by atoms with Gasteiger partial charge in [-0.05, 0) is 31.7 Å². The van der Waals surface area contributed by atoms with Gasteiger partial charge in [0.2, 0.25) is 5.91 Å². The lowest BCUT2D eigenvalue weighted by molar-refractivity contribution is -0.137. The van der Waals surface area contributed by atoms with E-state index in [1.54, 1.807) is 7.05 Å². The number of carbonyl (C=O) groups excluding carboxylic acids is 4. The fraction of sp³-hybridized carbons (Fsp3) is 0.524. The zero-order valence-corrected chi connectivity index (χ0v) is 16.4. The van der Waals surface area contributed by atoms with E-state index in [9.17, 15) is 19.2 Å². The minimum Gasteiger partial charge on any atom is -0.344 e. The molecule has 1 saturated carbocycles. The maximum Gasteiger partial charge on any atom is 0.327 e. The van der Waals surface area contributed by atoms with E-state index in [2.05, 4.69) is 5.32 Å². The minimum atomic E-state index is -0.806. The Labute approximate surface area is 165 Å². The lowest BCUT2D eigenvalue weighted by Crippen LogP contribution is -2.50. The quantitative estimate of drug-likeness (QED) is 0.758. The number of hydrogen-bond donors (Lipinski definition) is 1. The van der Waals surface area contributed by atoms with Gasteiger partial charge in [-0.25, -0.2) is 4.79 Å². The van der Waals surface area contributed by atoms with Gasteiger partial charge < -0.3 is 10.2 Å². The van der Waals surface area contributed by atoms with Crippen LogP contribution in [0.1, 0.15) is 44.6 Å². The van der Waals surface area contributed by atoms with Gasteiger partial charge in [0.05, 0.1) is 6.04 Å². The third kappa shape index (κ3) is 3.79. The molecular weight excluding hydrogens is 358 g/mol. The maximum atomic E-state index is 13.0. The van der Waals surface area contributed by atoms with Gasteiger partial charge in [0.15, 0.2) is 5.78 Å². The standard InChI is InChI=1S/C21H27N3O4/c1-15(25)17(13-16-9-5-3-6-10-16)22-18(26)14-24-19(27)21(23(2)20(24)28)11-7-4-8-12-21/h3,5-6,9-10,17H,4,7-8,11-14H2,1-2H3,(H,22,26)/t17-/m0/s1. The second kappa shape index (κ2) is 8.12. The Kier molecular flexibility index (Phi) is 5.82. The Morgan fingerprint density at radius 2 is 1.75 bits per heavy atom. The van der Waals surface area contributed by atoms with Gasteiger partial charge >= 0.3 is 6.03 Å². The fourth-order valence-electron chi connectivity index (χ4n) is 4.20. The van der Waals surface area contributed by atoms with E-state index < -0.39 is 23.5 Å². The fourth-order valence-corrected chi connectivity index (χ4v) is 4.20. The monoisotopic (exact) mass is 385 g/mol. The van der Waals surface area contributed by atoms with E-state index in [1.807, 2.05) is 30.3 Å². The predicted octanol–water partition coefficient (Wildman–Crippen LogP) is 1.90. The van der Waals surface area contributed by atoms with Gasteiger partial charge in [-0.3, -0.25) is 19.3 Å². The molecule has 2 aliphatic rings. The molecule has 1 aromatic rings. The maximum absolute atomic E-state index is 13.0. The second-order valence-corrected chi connectivity index (χ2v) is 7.75. The number of amides is 4. The molecule has 0 unspecified atom stereocenters. The van der Waals surface area contributed by atoms with E-state index >= 15 is 0 Å². The molecule has 150 valence electrons. The lowest BCUT2D eigenvalue weighted by Gasteiger charge is -2.35. The number of urea groups is 1. The van der Waals surface area contributed by atoms with Crippen LogP contribution in [0.5, 0.6) is 0 Å². The molecular formula is C21H27N3O4. The summed E-state index contributed by atoms with van der Waals surface area (Å²) in [5.41, 5.74) is 0.122. The molecule has 0 aromatic heterocycles. The highest BCUT2D eigenvalue weighted by molar-refractivity contribution is 6.09. The average molecular weight is 385 g/mol.